The highest BCUT2D eigenvalue weighted by molar-refractivity contribution is 5.84. The third kappa shape index (κ3) is 3.76. The zero-order valence-electron chi connectivity index (χ0n) is 13.7. The van der Waals surface area contributed by atoms with Crippen LogP contribution in [-0.4, -0.2) is 96.7 Å². The van der Waals surface area contributed by atoms with Gasteiger partial charge in [-0.1, -0.05) is 0 Å². The fourth-order valence-corrected chi connectivity index (χ4v) is 3.14. The largest absolute Gasteiger partial charge is 0.347 e. The lowest BCUT2D eigenvalue weighted by atomic mass is 10.2. The summed E-state index contributed by atoms with van der Waals surface area (Å²) in [6, 6.07) is -0.169. The Morgan fingerprint density at radius 1 is 1.00 bits per heavy atom. The normalized spacial score (nSPS) is 22.8. The summed E-state index contributed by atoms with van der Waals surface area (Å²) in [5, 5.41) is 0. The summed E-state index contributed by atoms with van der Waals surface area (Å²) in [5.41, 5.74) is 0. The Hall–Kier alpha value is -1.63. The molecule has 2 heterocycles. The molecule has 0 aromatic carbocycles. The maximum atomic E-state index is 12.4. The minimum Gasteiger partial charge on any atom is -0.347 e. The highest BCUT2D eigenvalue weighted by Crippen LogP contribution is 2.19. The summed E-state index contributed by atoms with van der Waals surface area (Å²) in [5.74, 6) is 0.191. The van der Waals surface area contributed by atoms with Crippen LogP contribution >= 0.6 is 0 Å². The lowest BCUT2D eigenvalue weighted by Gasteiger charge is -2.35. The minimum atomic E-state index is -0.169. The molecule has 0 aromatic heterocycles. The van der Waals surface area contributed by atoms with Gasteiger partial charge in [-0.05, 0) is 19.4 Å². The average Bonchev–Trinajstić information content (AvgIpc) is 2.94. The molecule has 1 atom stereocenters. The van der Waals surface area contributed by atoms with Crippen molar-refractivity contribution in [3.63, 3.8) is 0 Å². The smallest absolute Gasteiger partial charge is 0.239 e. The van der Waals surface area contributed by atoms with E-state index in [0.717, 1.165) is 19.4 Å². The van der Waals surface area contributed by atoms with Crippen molar-refractivity contribution in [3.05, 3.63) is 0 Å². The zero-order chi connectivity index (χ0) is 16.3. The van der Waals surface area contributed by atoms with Gasteiger partial charge in [-0.15, -0.1) is 0 Å². The second-order valence-corrected chi connectivity index (χ2v) is 6.25. The number of rotatable bonds is 3. The van der Waals surface area contributed by atoms with Crippen molar-refractivity contribution in [1.82, 2.24) is 19.6 Å². The van der Waals surface area contributed by atoms with Crippen molar-refractivity contribution in [1.29, 1.82) is 0 Å². The molecule has 7 nitrogen and oxygen atoms in total. The second-order valence-electron chi connectivity index (χ2n) is 6.25. The van der Waals surface area contributed by atoms with Crippen LogP contribution in [0.2, 0.25) is 0 Å². The Kier molecular flexibility index (Phi) is 5.39. The standard InChI is InChI=1S/C15H26N4O3/c1-12(20)17-7-9-18(10-8-17)14(21)11-19-6-4-5-13(19)15(22)16(2)3/h13H,4-11H2,1-3H3. The van der Waals surface area contributed by atoms with E-state index in [1.165, 1.54) is 0 Å². The van der Waals surface area contributed by atoms with Crippen LogP contribution in [0.15, 0.2) is 0 Å². The van der Waals surface area contributed by atoms with Gasteiger partial charge in [0.05, 0.1) is 12.6 Å². The van der Waals surface area contributed by atoms with Crippen molar-refractivity contribution in [2.45, 2.75) is 25.8 Å². The number of likely N-dealkylation sites (tertiary alicyclic amines) is 1. The molecule has 2 aliphatic heterocycles. The average molecular weight is 310 g/mol. The molecule has 2 saturated heterocycles. The van der Waals surface area contributed by atoms with Crippen LogP contribution in [0, 0.1) is 0 Å². The fraction of sp³-hybridized carbons (Fsp3) is 0.800. The molecule has 0 N–H and O–H groups in total. The van der Waals surface area contributed by atoms with Crippen molar-refractivity contribution < 1.29 is 14.4 Å². The first-order chi connectivity index (χ1) is 10.4. The lowest BCUT2D eigenvalue weighted by molar-refractivity contribution is -0.141. The molecule has 0 radical (unpaired) electrons. The Morgan fingerprint density at radius 3 is 2.14 bits per heavy atom. The maximum absolute atomic E-state index is 12.4. The first kappa shape index (κ1) is 16.7. The van der Waals surface area contributed by atoms with E-state index in [9.17, 15) is 14.4 Å². The molecule has 2 fully saturated rings. The van der Waals surface area contributed by atoms with E-state index < -0.39 is 0 Å². The number of likely N-dealkylation sites (N-methyl/N-ethyl adjacent to an activating group) is 1. The molecule has 22 heavy (non-hydrogen) atoms. The molecule has 0 bridgehead atoms. The second kappa shape index (κ2) is 7.09. The van der Waals surface area contributed by atoms with Gasteiger partial charge in [0.15, 0.2) is 0 Å². The highest BCUT2D eigenvalue weighted by atomic mass is 16.2. The van der Waals surface area contributed by atoms with Gasteiger partial charge in [-0.3, -0.25) is 19.3 Å². The Labute approximate surface area is 131 Å². The van der Waals surface area contributed by atoms with Crippen molar-refractivity contribution in [2.24, 2.45) is 0 Å². The number of hydrogen-bond acceptors (Lipinski definition) is 4. The summed E-state index contributed by atoms with van der Waals surface area (Å²) >= 11 is 0. The number of carbonyl (C=O) groups is 3. The van der Waals surface area contributed by atoms with E-state index in [1.807, 2.05) is 4.90 Å². The number of amides is 3. The summed E-state index contributed by atoms with van der Waals surface area (Å²) < 4.78 is 0. The number of piperazine rings is 1. The summed E-state index contributed by atoms with van der Waals surface area (Å²) in [6.45, 7) is 5.01. The number of carbonyl (C=O) groups excluding carboxylic acids is 3. The number of hydrogen-bond donors (Lipinski definition) is 0. The van der Waals surface area contributed by atoms with E-state index in [2.05, 4.69) is 0 Å². The van der Waals surface area contributed by atoms with E-state index in [-0.39, 0.29) is 23.8 Å². The predicted octanol–water partition coefficient (Wildman–Crippen LogP) is -0.770. The first-order valence-electron chi connectivity index (χ1n) is 7.88. The van der Waals surface area contributed by atoms with Crippen LogP contribution in [0.5, 0.6) is 0 Å². The van der Waals surface area contributed by atoms with Crippen LogP contribution in [0.4, 0.5) is 0 Å². The molecule has 0 aliphatic carbocycles. The monoisotopic (exact) mass is 310 g/mol. The van der Waals surface area contributed by atoms with Crippen LogP contribution < -0.4 is 0 Å². The third-order valence-corrected chi connectivity index (χ3v) is 4.51. The molecule has 2 aliphatic rings. The Morgan fingerprint density at radius 2 is 1.59 bits per heavy atom. The zero-order valence-corrected chi connectivity index (χ0v) is 13.7. The van der Waals surface area contributed by atoms with Crippen LogP contribution in [0.25, 0.3) is 0 Å². The SMILES string of the molecule is CC(=O)N1CCN(C(=O)CN2CCCC2C(=O)N(C)C)CC1. The molecule has 124 valence electrons. The third-order valence-electron chi connectivity index (χ3n) is 4.51. The van der Waals surface area contributed by atoms with Gasteiger partial charge in [0.1, 0.15) is 0 Å². The Bertz CT molecular complexity index is 444. The molecule has 1 unspecified atom stereocenters. The summed E-state index contributed by atoms with van der Waals surface area (Å²) in [6.07, 6.45) is 1.78. The van der Waals surface area contributed by atoms with Gasteiger partial charge in [0.2, 0.25) is 17.7 Å². The lowest BCUT2D eigenvalue weighted by Crippen LogP contribution is -2.53. The molecule has 7 heteroatoms. The molecular formula is C15H26N4O3. The molecule has 0 spiro atoms. The minimum absolute atomic E-state index is 0.0571. The van der Waals surface area contributed by atoms with E-state index >= 15 is 0 Å². The summed E-state index contributed by atoms with van der Waals surface area (Å²) in [7, 11) is 3.50. The van der Waals surface area contributed by atoms with Crippen LogP contribution in [0.1, 0.15) is 19.8 Å². The summed E-state index contributed by atoms with van der Waals surface area (Å²) in [4.78, 5) is 43.0. The first-order valence-corrected chi connectivity index (χ1v) is 7.88. The molecule has 0 aromatic rings. The fourth-order valence-electron chi connectivity index (χ4n) is 3.14. The highest BCUT2D eigenvalue weighted by Gasteiger charge is 2.34. The predicted molar refractivity (Wildman–Crippen MR) is 82.1 cm³/mol. The Balaban J connectivity index is 1.87. The maximum Gasteiger partial charge on any atom is 0.239 e. The van der Waals surface area contributed by atoms with E-state index in [1.54, 1.807) is 35.7 Å². The van der Waals surface area contributed by atoms with Gasteiger partial charge < -0.3 is 14.7 Å². The van der Waals surface area contributed by atoms with Crippen LogP contribution in [0.3, 0.4) is 0 Å². The topological polar surface area (TPSA) is 64.2 Å². The van der Waals surface area contributed by atoms with Crippen molar-refractivity contribution in [2.75, 3.05) is 53.4 Å². The molecule has 2 rings (SSSR count). The molecule has 0 saturated carbocycles. The van der Waals surface area contributed by atoms with Gasteiger partial charge in [-0.25, -0.2) is 0 Å². The van der Waals surface area contributed by atoms with Gasteiger partial charge in [0, 0.05) is 47.2 Å². The number of nitrogens with zero attached hydrogens (tertiary/aromatic N) is 4. The van der Waals surface area contributed by atoms with E-state index in [4.69, 9.17) is 0 Å². The van der Waals surface area contributed by atoms with E-state index in [0.29, 0.717) is 32.7 Å². The van der Waals surface area contributed by atoms with Crippen molar-refractivity contribution in [3.8, 4) is 0 Å². The van der Waals surface area contributed by atoms with Gasteiger partial charge in [-0.2, -0.15) is 0 Å². The van der Waals surface area contributed by atoms with Gasteiger partial charge >= 0.3 is 0 Å². The molecule has 3 amide bonds. The van der Waals surface area contributed by atoms with Crippen LogP contribution in [-0.2, 0) is 14.4 Å². The van der Waals surface area contributed by atoms with Gasteiger partial charge in [0.25, 0.3) is 0 Å². The molecular weight excluding hydrogens is 284 g/mol. The van der Waals surface area contributed by atoms with Crippen molar-refractivity contribution >= 4 is 17.7 Å². The quantitative estimate of drug-likeness (QED) is 0.687.